The number of amides is 4. The summed E-state index contributed by atoms with van der Waals surface area (Å²) in [5, 5.41) is 7.08. The second-order valence-corrected chi connectivity index (χ2v) is 17.8. The maximum Gasteiger partial charge on any atom is 0.245 e. The largest absolute Gasteiger partial charge is 0.457 e. The fourth-order valence-corrected chi connectivity index (χ4v) is 8.77. The number of carbonyl (C=O) groups excluding carboxylic acids is 4. The maximum absolute atomic E-state index is 14.8. The summed E-state index contributed by atoms with van der Waals surface area (Å²) < 4.78 is 19.5. The molecule has 2 bridgehead atoms. The average Bonchev–Trinajstić information content (AvgIpc) is 3.92. The molecule has 2 N–H and O–H groups in total. The Labute approximate surface area is 383 Å². The summed E-state index contributed by atoms with van der Waals surface area (Å²) in [6, 6.07) is 17.7. The number of fused-ring (bicyclic) bond motifs is 2. The monoisotopic (exact) mass is 912 g/mol. The number of hydrogen-bond donors (Lipinski definition) is 2. The number of halogens is 2. The van der Waals surface area contributed by atoms with E-state index in [1.165, 1.54) is 24.5 Å². The second-order valence-electron chi connectivity index (χ2n) is 16.9. The van der Waals surface area contributed by atoms with Crippen LogP contribution < -0.4 is 15.4 Å². The Morgan fingerprint density at radius 2 is 1.72 bits per heavy atom. The highest BCUT2D eigenvalue weighted by Crippen LogP contribution is 2.33. The van der Waals surface area contributed by atoms with Crippen LogP contribution >= 0.6 is 23.2 Å². The Bertz CT molecular complexity index is 2430. The van der Waals surface area contributed by atoms with E-state index in [0.29, 0.717) is 65.4 Å². The Morgan fingerprint density at radius 3 is 2.42 bits per heavy atom. The molecule has 5 aromatic rings. The van der Waals surface area contributed by atoms with Gasteiger partial charge in [-0.05, 0) is 94.4 Å². The lowest BCUT2D eigenvalue weighted by Gasteiger charge is -2.45. The highest BCUT2D eigenvalue weighted by molar-refractivity contribution is 6.31. The van der Waals surface area contributed by atoms with Crippen molar-refractivity contribution in [2.75, 3.05) is 40.9 Å². The summed E-state index contributed by atoms with van der Waals surface area (Å²) in [5.41, 5.74) is 2.44. The van der Waals surface area contributed by atoms with E-state index in [-0.39, 0.29) is 38.4 Å². The van der Waals surface area contributed by atoms with Gasteiger partial charge in [0.2, 0.25) is 23.6 Å². The van der Waals surface area contributed by atoms with Crippen molar-refractivity contribution in [2.45, 2.75) is 69.7 Å². The molecule has 0 radical (unpaired) electrons. The SMILES string of the molecule is COC[C@@H]1NC(=O)[C@H](C)N(Cc2ccc(Cl)cc2Oc2ccc(-c3cnc(CN(C)C)n3C)cc2)C(=O)C[C@@H](Cc2ncco2)C(=O)N2CCC[C@@](Cc3ccc(Cl)cc3)(C2)NC1=O. The summed E-state index contributed by atoms with van der Waals surface area (Å²) in [4.78, 5) is 72.3. The molecule has 7 rings (SSSR count). The van der Waals surface area contributed by atoms with Gasteiger partial charge in [-0.1, -0.05) is 41.4 Å². The first-order chi connectivity index (χ1) is 30.7. The number of hydrogen-bond acceptors (Lipinski definition) is 10. The molecule has 0 spiro atoms. The summed E-state index contributed by atoms with van der Waals surface area (Å²) in [7, 11) is 7.41. The van der Waals surface area contributed by atoms with Crippen molar-refractivity contribution in [2.24, 2.45) is 13.0 Å². The van der Waals surface area contributed by atoms with Gasteiger partial charge in [0.05, 0.1) is 49.2 Å². The van der Waals surface area contributed by atoms with Crippen molar-refractivity contribution in [3.05, 3.63) is 118 Å². The van der Waals surface area contributed by atoms with Crippen molar-refractivity contribution in [1.82, 2.24) is 39.9 Å². The minimum absolute atomic E-state index is 0.0377. The van der Waals surface area contributed by atoms with Crippen molar-refractivity contribution in [1.29, 1.82) is 0 Å². The predicted molar refractivity (Wildman–Crippen MR) is 242 cm³/mol. The van der Waals surface area contributed by atoms with Crippen LogP contribution in [-0.4, -0.2) is 111 Å². The van der Waals surface area contributed by atoms with Gasteiger partial charge in [-0.15, -0.1) is 0 Å². The molecular formula is C47H54Cl2N8O7. The van der Waals surface area contributed by atoms with Crippen molar-refractivity contribution >= 4 is 46.8 Å². The third-order valence-electron chi connectivity index (χ3n) is 11.8. The number of ether oxygens (including phenoxy) is 2. The fraction of sp³-hybridized carbons (Fsp3) is 0.404. The van der Waals surface area contributed by atoms with Gasteiger partial charge < -0.3 is 43.8 Å². The average molecular weight is 914 g/mol. The lowest BCUT2D eigenvalue weighted by atomic mass is 9.82. The van der Waals surface area contributed by atoms with Gasteiger partial charge in [0.1, 0.15) is 35.7 Å². The van der Waals surface area contributed by atoms with Crippen LogP contribution in [0.15, 0.2) is 89.8 Å². The Morgan fingerprint density at radius 1 is 0.969 bits per heavy atom. The second kappa shape index (κ2) is 20.4. The van der Waals surface area contributed by atoms with Crippen LogP contribution in [0.1, 0.15) is 49.0 Å². The Hall–Kier alpha value is -5.74. The Kier molecular flexibility index (Phi) is 14.7. The summed E-state index contributed by atoms with van der Waals surface area (Å²) in [6.45, 7) is 2.62. The van der Waals surface area contributed by atoms with E-state index in [1.807, 2.05) is 63.7 Å². The molecule has 4 amide bonds. The van der Waals surface area contributed by atoms with Gasteiger partial charge in [0.15, 0.2) is 5.89 Å². The number of rotatable bonds is 13. The third kappa shape index (κ3) is 11.1. The quantitative estimate of drug-likeness (QED) is 0.142. The van der Waals surface area contributed by atoms with Crippen LogP contribution in [0.25, 0.3) is 11.3 Å². The molecular weight excluding hydrogens is 859 g/mol. The summed E-state index contributed by atoms with van der Waals surface area (Å²) in [6.07, 6.45) is 6.05. The zero-order chi connectivity index (χ0) is 45.5. The van der Waals surface area contributed by atoms with Crippen molar-refractivity contribution in [3.63, 3.8) is 0 Å². The van der Waals surface area contributed by atoms with Crippen molar-refractivity contribution < 1.29 is 33.1 Å². The number of oxazole rings is 1. The minimum atomic E-state index is -1.12. The molecule has 0 aliphatic carbocycles. The van der Waals surface area contributed by atoms with Gasteiger partial charge in [-0.25, -0.2) is 9.97 Å². The molecule has 15 nitrogen and oxygen atoms in total. The molecule has 4 atom stereocenters. The van der Waals surface area contributed by atoms with E-state index in [9.17, 15) is 19.2 Å². The molecule has 2 fully saturated rings. The molecule has 338 valence electrons. The van der Waals surface area contributed by atoms with Gasteiger partial charge in [-0.3, -0.25) is 19.2 Å². The normalized spacial score (nSPS) is 21.2. The minimum Gasteiger partial charge on any atom is -0.457 e. The van der Waals surface area contributed by atoms with Crippen LogP contribution in [0.2, 0.25) is 10.0 Å². The number of piperidine rings is 1. The number of aromatic nitrogens is 3. The smallest absolute Gasteiger partial charge is 0.245 e. The van der Waals surface area contributed by atoms with Crippen LogP contribution in [-0.2, 0) is 56.9 Å². The topological polar surface area (TPSA) is 164 Å². The maximum atomic E-state index is 14.8. The van der Waals surface area contributed by atoms with Gasteiger partial charge in [-0.2, -0.15) is 0 Å². The van der Waals surface area contributed by atoms with Crippen LogP contribution in [0.3, 0.4) is 0 Å². The van der Waals surface area contributed by atoms with Gasteiger partial charge in [0, 0.05) is 61.3 Å². The van der Waals surface area contributed by atoms with Gasteiger partial charge >= 0.3 is 0 Å². The number of nitrogens with one attached hydrogen (secondary N) is 2. The van der Waals surface area contributed by atoms with E-state index in [0.717, 1.165) is 22.6 Å². The number of carbonyl (C=O) groups is 4. The van der Waals surface area contributed by atoms with E-state index < -0.39 is 41.3 Å². The van der Waals surface area contributed by atoms with E-state index in [1.54, 1.807) is 42.2 Å². The van der Waals surface area contributed by atoms with E-state index in [4.69, 9.17) is 37.1 Å². The first kappa shape index (κ1) is 46.3. The predicted octanol–water partition coefficient (Wildman–Crippen LogP) is 6.07. The zero-order valence-electron chi connectivity index (χ0n) is 36.7. The standard InChI is InChI=1S/C47H54Cl2N8O7/c1-30-44(59)52-38(28-62-5)45(60)53-47(24-31-7-12-35(48)13-8-31)17-6-19-56(29-47)46(61)34(21-42-50-18-20-63-42)22-43(58)57(30)26-33-9-14-36(49)23-40(33)64-37-15-10-32(11-16-37)39-25-51-41(55(39)4)27-54(2)3/h7-16,18,20,23,25,30,34,38H,6,17,19,21-22,24,26-29H2,1-5H3,(H,52,59)(H,53,60)/t30-,34+,38-,47+/m0/s1. The van der Waals surface area contributed by atoms with E-state index >= 15 is 0 Å². The lowest BCUT2D eigenvalue weighted by molar-refractivity contribution is -0.148. The van der Waals surface area contributed by atoms with E-state index in [2.05, 4.69) is 30.1 Å². The zero-order valence-corrected chi connectivity index (χ0v) is 38.2. The molecule has 2 aromatic heterocycles. The van der Waals surface area contributed by atoms with Crippen LogP contribution in [0.4, 0.5) is 0 Å². The number of benzene rings is 3. The summed E-state index contributed by atoms with van der Waals surface area (Å²) in [5.74, 6) is -0.643. The molecule has 4 heterocycles. The molecule has 2 aliphatic heterocycles. The molecule has 0 saturated carbocycles. The highest BCUT2D eigenvalue weighted by Gasteiger charge is 2.43. The Balaban J connectivity index is 1.20. The molecule has 0 unspecified atom stereocenters. The first-order valence-electron chi connectivity index (χ1n) is 21.3. The molecule has 2 saturated heterocycles. The van der Waals surface area contributed by atoms with Crippen molar-refractivity contribution in [3.8, 4) is 22.8 Å². The fourth-order valence-electron chi connectivity index (χ4n) is 8.48. The van der Waals surface area contributed by atoms with Gasteiger partial charge in [0.25, 0.3) is 0 Å². The number of nitrogens with zero attached hydrogens (tertiary/aromatic N) is 6. The first-order valence-corrected chi connectivity index (χ1v) is 22.0. The number of methoxy groups -OCH3 is 1. The molecule has 3 aromatic carbocycles. The molecule has 17 heteroatoms. The summed E-state index contributed by atoms with van der Waals surface area (Å²) >= 11 is 12.8. The number of imidazole rings is 1. The lowest BCUT2D eigenvalue weighted by Crippen LogP contribution is -2.65. The molecule has 2 aliphatic rings. The highest BCUT2D eigenvalue weighted by atomic mass is 35.5. The third-order valence-corrected chi connectivity index (χ3v) is 12.3. The van der Waals surface area contributed by atoms with Crippen LogP contribution in [0, 0.1) is 5.92 Å². The molecule has 64 heavy (non-hydrogen) atoms. The van der Waals surface area contributed by atoms with Crippen LogP contribution in [0.5, 0.6) is 11.5 Å².